The standard InChI is InChI=1S/C20H19N3O2/c24-19-13-23(12-14-6-2-1-3-7-14)20(25)18(22-19)10-15-11-21-17-9-5-4-8-16(15)17/h1-9,11,18,21H,10,12-13H2,(H,22,24)/t18-/m0/s1. The molecule has 1 aliphatic rings. The number of piperazine rings is 1. The number of rotatable bonds is 4. The Hall–Kier alpha value is -3.08. The van der Waals surface area contributed by atoms with Crippen LogP contribution in [0.25, 0.3) is 10.9 Å². The number of fused-ring (bicyclic) bond motifs is 1. The minimum atomic E-state index is -0.524. The largest absolute Gasteiger partial charge is 0.361 e. The van der Waals surface area contributed by atoms with Gasteiger partial charge in [-0.25, -0.2) is 0 Å². The lowest BCUT2D eigenvalue weighted by Gasteiger charge is -2.32. The zero-order valence-electron chi connectivity index (χ0n) is 13.7. The first kappa shape index (κ1) is 15.4. The molecule has 1 aromatic heterocycles. The van der Waals surface area contributed by atoms with Crippen LogP contribution in [0.2, 0.25) is 0 Å². The van der Waals surface area contributed by atoms with E-state index in [1.54, 1.807) is 4.90 Å². The van der Waals surface area contributed by atoms with Crippen LogP contribution < -0.4 is 5.32 Å². The molecule has 2 aromatic carbocycles. The number of carbonyl (C=O) groups excluding carboxylic acids is 2. The van der Waals surface area contributed by atoms with Gasteiger partial charge in [-0.2, -0.15) is 0 Å². The van der Waals surface area contributed by atoms with Crippen LogP contribution in [0.3, 0.4) is 0 Å². The molecule has 0 spiro atoms. The minimum Gasteiger partial charge on any atom is -0.361 e. The topological polar surface area (TPSA) is 65.2 Å². The molecular weight excluding hydrogens is 314 g/mol. The molecule has 1 aliphatic heterocycles. The van der Waals surface area contributed by atoms with E-state index in [1.165, 1.54) is 0 Å². The smallest absolute Gasteiger partial charge is 0.246 e. The summed E-state index contributed by atoms with van der Waals surface area (Å²) in [6, 6.07) is 17.2. The molecule has 1 atom stereocenters. The first-order valence-electron chi connectivity index (χ1n) is 8.38. The fourth-order valence-corrected chi connectivity index (χ4v) is 3.37. The molecule has 0 radical (unpaired) electrons. The van der Waals surface area contributed by atoms with Crippen molar-refractivity contribution in [2.75, 3.05) is 6.54 Å². The Morgan fingerprint density at radius 3 is 2.60 bits per heavy atom. The van der Waals surface area contributed by atoms with E-state index in [0.717, 1.165) is 22.0 Å². The van der Waals surface area contributed by atoms with Crippen molar-refractivity contribution in [3.8, 4) is 0 Å². The Balaban J connectivity index is 1.55. The Kier molecular flexibility index (Phi) is 3.98. The normalized spacial score (nSPS) is 17.8. The number of amides is 2. The van der Waals surface area contributed by atoms with Gasteiger partial charge in [0.2, 0.25) is 11.8 Å². The van der Waals surface area contributed by atoms with Crippen molar-refractivity contribution in [3.63, 3.8) is 0 Å². The molecule has 0 aliphatic carbocycles. The number of benzene rings is 2. The molecule has 126 valence electrons. The van der Waals surface area contributed by atoms with Crippen molar-refractivity contribution < 1.29 is 9.59 Å². The summed E-state index contributed by atoms with van der Waals surface area (Å²) in [4.78, 5) is 29.8. The second-order valence-corrected chi connectivity index (χ2v) is 6.36. The molecule has 2 amide bonds. The third-order valence-electron chi connectivity index (χ3n) is 4.59. The van der Waals surface area contributed by atoms with Crippen LogP contribution in [-0.4, -0.2) is 34.3 Å². The number of carbonyl (C=O) groups is 2. The van der Waals surface area contributed by atoms with Gasteiger partial charge in [-0.15, -0.1) is 0 Å². The molecule has 3 aromatic rings. The maximum Gasteiger partial charge on any atom is 0.246 e. The van der Waals surface area contributed by atoms with Crippen molar-refractivity contribution in [2.24, 2.45) is 0 Å². The molecule has 5 heteroatoms. The molecule has 5 nitrogen and oxygen atoms in total. The molecule has 0 unspecified atom stereocenters. The average molecular weight is 333 g/mol. The number of hydrogen-bond acceptors (Lipinski definition) is 2. The van der Waals surface area contributed by atoms with Gasteiger partial charge in [0.05, 0.1) is 6.54 Å². The zero-order valence-corrected chi connectivity index (χ0v) is 13.7. The summed E-state index contributed by atoms with van der Waals surface area (Å²) >= 11 is 0. The summed E-state index contributed by atoms with van der Waals surface area (Å²) in [5.41, 5.74) is 3.10. The highest BCUT2D eigenvalue weighted by molar-refractivity contribution is 5.95. The Morgan fingerprint density at radius 1 is 1.00 bits per heavy atom. The third kappa shape index (κ3) is 3.13. The van der Waals surface area contributed by atoms with Crippen molar-refractivity contribution in [2.45, 2.75) is 19.0 Å². The number of aromatic nitrogens is 1. The van der Waals surface area contributed by atoms with Gasteiger partial charge in [0.15, 0.2) is 0 Å². The second kappa shape index (κ2) is 6.43. The van der Waals surface area contributed by atoms with Gasteiger partial charge >= 0.3 is 0 Å². The first-order valence-corrected chi connectivity index (χ1v) is 8.38. The fourth-order valence-electron chi connectivity index (χ4n) is 3.37. The second-order valence-electron chi connectivity index (χ2n) is 6.36. The fraction of sp³-hybridized carbons (Fsp3) is 0.200. The van der Waals surface area contributed by atoms with Gasteiger partial charge in [0.1, 0.15) is 6.04 Å². The van der Waals surface area contributed by atoms with Gasteiger partial charge < -0.3 is 15.2 Å². The van der Waals surface area contributed by atoms with Crippen LogP contribution >= 0.6 is 0 Å². The van der Waals surface area contributed by atoms with E-state index < -0.39 is 6.04 Å². The summed E-state index contributed by atoms with van der Waals surface area (Å²) in [6.45, 7) is 0.565. The zero-order chi connectivity index (χ0) is 17.2. The highest BCUT2D eigenvalue weighted by Crippen LogP contribution is 2.20. The van der Waals surface area contributed by atoms with E-state index >= 15 is 0 Å². The monoisotopic (exact) mass is 333 g/mol. The molecule has 0 bridgehead atoms. The number of hydrogen-bond donors (Lipinski definition) is 2. The van der Waals surface area contributed by atoms with E-state index in [0.29, 0.717) is 13.0 Å². The predicted molar refractivity (Wildman–Crippen MR) is 95.8 cm³/mol. The van der Waals surface area contributed by atoms with Gasteiger partial charge in [0, 0.05) is 30.1 Å². The number of para-hydroxylation sites is 1. The summed E-state index contributed by atoms with van der Waals surface area (Å²) in [5.74, 6) is -0.144. The number of H-pyrrole nitrogens is 1. The summed E-state index contributed by atoms with van der Waals surface area (Å²) in [5, 5.41) is 3.93. The molecular formula is C20H19N3O2. The van der Waals surface area contributed by atoms with Crippen molar-refractivity contribution in [3.05, 3.63) is 71.9 Å². The average Bonchev–Trinajstić information content (AvgIpc) is 3.03. The Labute approximate surface area is 145 Å². The van der Waals surface area contributed by atoms with Gasteiger partial charge in [-0.3, -0.25) is 9.59 Å². The number of aromatic amines is 1. The lowest BCUT2D eigenvalue weighted by Crippen LogP contribution is -2.58. The Morgan fingerprint density at radius 2 is 1.76 bits per heavy atom. The van der Waals surface area contributed by atoms with Crippen LogP contribution in [0, 0.1) is 0 Å². The van der Waals surface area contributed by atoms with Crippen molar-refractivity contribution >= 4 is 22.7 Å². The van der Waals surface area contributed by atoms with E-state index in [1.807, 2.05) is 60.8 Å². The minimum absolute atomic E-state index is 0.0336. The molecule has 25 heavy (non-hydrogen) atoms. The quantitative estimate of drug-likeness (QED) is 0.769. The van der Waals surface area contributed by atoms with Gasteiger partial charge in [-0.1, -0.05) is 48.5 Å². The van der Waals surface area contributed by atoms with Crippen LogP contribution in [0.4, 0.5) is 0 Å². The predicted octanol–water partition coefficient (Wildman–Crippen LogP) is 2.24. The van der Waals surface area contributed by atoms with E-state index in [2.05, 4.69) is 10.3 Å². The molecule has 0 saturated carbocycles. The van der Waals surface area contributed by atoms with Gasteiger partial charge in [-0.05, 0) is 17.2 Å². The third-order valence-corrected chi connectivity index (χ3v) is 4.59. The highest BCUT2D eigenvalue weighted by atomic mass is 16.2. The van der Waals surface area contributed by atoms with E-state index in [-0.39, 0.29) is 18.4 Å². The summed E-state index contributed by atoms with van der Waals surface area (Å²) < 4.78 is 0. The van der Waals surface area contributed by atoms with Crippen LogP contribution in [0.5, 0.6) is 0 Å². The molecule has 4 rings (SSSR count). The SMILES string of the molecule is O=C1CN(Cc2ccccc2)C(=O)[C@H](Cc2c[nH]c3ccccc23)N1. The highest BCUT2D eigenvalue weighted by Gasteiger charge is 2.33. The number of nitrogens with one attached hydrogen (secondary N) is 2. The number of nitrogens with zero attached hydrogens (tertiary/aromatic N) is 1. The molecule has 2 N–H and O–H groups in total. The van der Waals surface area contributed by atoms with Crippen LogP contribution in [0.1, 0.15) is 11.1 Å². The van der Waals surface area contributed by atoms with Crippen LogP contribution in [-0.2, 0) is 22.6 Å². The van der Waals surface area contributed by atoms with E-state index in [4.69, 9.17) is 0 Å². The summed E-state index contributed by atoms with van der Waals surface area (Å²) in [6.07, 6.45) is 2.40. The summed E-state index contributed by atoms with van der Waals surface area (Å²) in [7, 11) is 0. The molecule has 2 heterocycles. The molecule has 1 fully saturated rings. The van der Waals surface area contributed by atoms with Crippen molar-refractivity contribution in [1.82, 2.24) is 15.2 Å². The van der Waals surface area contributed by atoms with Gasteiger partial charge in [0.25, 0.3) is 0 Å². The first-order chi connectivity index (χ1) is 12.2. The van der Waals surface area contributed by atoms with Crippen LogP contribution in [0.15, 0.2) is 60.8 Å². The Bertz CT molecular complexity index is 917. The maximum absolute atomic E-state index is 12.8. The van der Waals surface area contributed by atoms with Crippen molar-refractivity contribution in [1.29, 1.82) is 0 Å². The van der Waals surface area contributed by atoms with E-state index in [9.17, 15) is 9.59 Å². The lowest BCUT2D eigenvalue weighted by atomic mass is 10.0. The maximum atomic E-state index is 12.8. The lowest BCUT2D eigenvalue weighted by molar-refractivity contribution is -0.144. The molecule has 1 saturated heterocycles.